The lowest BCUT2D eigenvalue weighted by Crippen LogP contribution is -2.18. The molecule has 4 N–H and O–H groups in total. The number of ether oxygens (including phenoxy) is 1. The van der Waals surface area contributed by atoms with E-state index in [1.165, 1.54) is 6.33 Å². The number of nitrogens with zero attached hydrogens (tertiary/aromatic N) is 4. The van der Waals surface area contributed by atoms with Crippen LogP contribution in [0.15, 0.2) is 12.7 Å². The van der Waals surface area contributed by atoms with Gasteiger partial charge in [0, 0.05) is 13.1 Å². The van der Waals surface area contributed by atoms with Crippen molar-refractivity contribution >= 4 is 24.6 Å². The van der Waals surface area contributed by atoms with Gasteiger partial charge in [0.05, 0.1) is 19.0 Å². The predicted octanol–water partition coefficient (Wildman–Crippen LogP) is -0.00210. The minimum Gasteiger partial charge on any atom is -0.367 e. The molecule has 0 aliphatic carbocycles. The van der Waals surface area contributed by atoms with E-state index >= 15 is 0 Å². The average molecular weight is 344 g/mol. The SMILES string of the molecule is CNCCNc1ncnc2c1ncn2CC(C)OCP(=O)(O)O. The fraction of sp³-hybridized carbons (Fsp3) is 0.583. The normalized spacial score (nSPS) is 13.4. The first kappa shape index (κ1) is 17.8. The molecule has 128 valence electrons. The van der Waals surface area contributed by atoms with Crippen LogP contribution in [0.4, 0.5) is 5.82 Å². The van der Waals surface area contributed by atoms with Gasteiger partial charge in [-0.05, 0) is 14.0 Å². The fourth-order valence-electron chi connectivity index (χ4n) is 2.00. The molecule has 0 aromatic carbocycles. The number of aromatic nitrogens is 4. The highest BCUT2D eigenvalue weighted by Gasteiger charge is 2.17. The van der Waals surface area contributed by atoms with Gasteiger partial charge in [0.15, 0.2) is 11.5 Å². The number of hydrogen-bond donors (Lipinski definition) is 4. The maximum absolute atomic E-state index is 10.8. The zero-order chi connectivity index (χ0) is 16.9. The molecule has 2 aromatic rings. The third-order valence-electron chi connectivity index (χ3n) is 3.05. The van der Waals surface area contributed by atoms with Crippen molar-refractivity contribution < 1.29 is 19.1 Å². The van der Waals surface area contributed by atoms with Crippen LogP contribution < -0.4 is 10.6 Å². The maximum Gasteiger partial charge on any atom is 0.350 e. The lowest BCUT2D eigenvalue weighted by molar-refractivity contribution is 0.0764. The molecule has 0 bridgehead atoms. The summed E-state index contributed by atoms with van der Waals surface area (Å²) in [6.45, 7) is 3.61. The number of anilines is 1. The summed E-state index contributed by atoms with van der Waals surface area (Å²) in [6.07, 6.45) is 2.06. The van der Waals surface area contributed by atoms with Crippen LogP contribution >= 0.6 is 7.60 Å². The second-order valence-corrected chi connectivity index (χ2v) is 6.68. The lowest BCUT2D eigenvalue weighted by Gasteiger charge is -2.14. The maximum atomic E-state index is 10.8. The first-order valence-electron chi connectivity index (χ1n) is 7.11. The minimum absolute atomic E-state index is 0.378. The van der Waals surface area contributed by atoms with Crippen LogP contribution in [0.25, 0.3) is 11.2 Å². The van der Waals surface area contributed by atoms with E-state index in [2.05, 4.69) is 25.6 Å². The number of rotatable bonds is 9. The van der Waals surface area contributed by atoms with Crippen LogP contribution in [0.5, 0.6) is 0 Å². The summed E-state index contributed by atoms with van der Waals surface area (Å²) in [5, 5.41) is 6.21. The molecule has 1 unspecified atom stereocenters. The Bertz CT molecular complexity index is 687. The first-order valence-corrected chi connectivity index (χ1v) is 8.91. The van der Waals surface area contributed by atoms with Crippen LogP contribution in [0, 0.1) is 0 Å². The Morgan fingerprint density at radius 3 is 2.83 bits per heavy atom. The molecule has 11 heteroatoms. The Hall–Kier alpha value is -1.58. The van der Waals surface area contributed by atoms with Crippen LogP contribution in [0.3, 0.4) is 0 Å². The molecule has 0 spiro atoms. The Labute approximate surface area is 133 Å². The van der Waals surface area contributed by atoms with Gasteiger partial charge in [-0.1, -0.05) is 0 Å². The topological polar surface area (TPSA) is 134 Å². The molecular weight excluding hydrogens is 323 g/mol. The molecule has 0 aliphatic rings. The smallest absolute Gasteiger partial charge is 0.350 e. The van der Waals surface area contributed by atoms with E-state index in [9.17, 15) is 4.57 Å². The molecule has 2 aromatic heterocycles. The second-order valence-electron chi connectivity index (χ2n) is 5.09. The van der Waals surface area contributed by atoms with Crippen molar-refractivity contribution in [2.75, 3.05) is 31.8 Å². The van der Waals surface area contributed by atoms with Gasteiger partial charge in [0.1, 0.15) is 18.2 Å². The number of imidazole rings is 1. The number of fused-ring (bicyclic) bond motifs is 1. The van der Waals surface area contributed by atoms with E-state index in [1.807, 2.05) is 7.05 Å². The molecule has 23 heavy (non-hydrogen) atoms. The summed E-state index contributed by atoms with van der Waals surface area (Å²) < 4.78 is 17.8. The highest BCUT2D eigenvalue weighted by molar-refractivity contribution is 7.51. The van der Waals surface area contributed by atoms with Gasteiger partial charge in [-0.2, -0.15) is 0 Å². The standard InChI is InChI=1S/C12H21N6O4P/c1-9(22-8-23(19,20)21)5-18-7-17-10-11(14-4-3-13-2)15-6-16-12(10)18/h6-7,9,13H,3-5,8H2,1-2H3,(H,14,15,16)(H2,19,20,21). The van der Waals surface area contributed by atoms with Gasteiger partial charge in [-0.3, -0.25) is 4.57 Å². The van der Waals surface area contributed by atoms with E-state index in [1.54, 1.807) is 17.8 Å². The van der Waals surface area contributed by atoms with Gasteiger partial charge in [-0.25, -0.2) is 15.0 Å². The van der Waals surface area contributed by atoms with Crippen molar-refractivity contribution in [2.45, 2.75) is 19.6 Å². The molecule has 0 saturated heterocycles. The summed E-state index contributed by atoms with van der Waals surface area (Å²) in [4.78, 5) is 30.4. The van der Waals surface area contributed by atoms with Crippen molar-refractivity contribution in [1.29, 1.82) is 0 Å². The minimum atomic E-state index is -4.17. The van der Waals surface area contributed by atoms with E-state index in [0.29, 0.717) is 30.1 Å². The number of hydrogen-bond acceptors (Lipinski definition) is 7. The van der Waals surface area contributed by atoms with Crippen molar-refractivity contribution in [1.82, 2.24) is 24.8 Å². The molecule has 0 radical (unpaired) electrons. The predicted molar refractivity (Wildman–Crippen MR) is 85.2 cm³/mol. The molecule has 0 aliphatic heterocycles. The Kier molecular flexibility index (Phi) is 6.03. The summed E-state index contributed by atoms with van der Waals surface area (Å²) in [5.41, 5.74) is 1.28. The average Bonchev–Trinajstić information content (AvgIpc) is 2.89. The zero-order valence-electron chi connectivity index (χ0n) is 13.0. The molecule has 2 rings (SSSR count). The fourth-order valence-corrected chi connectivity index (χ4v) is 2.45. The van der Waals surface area contributed by atoms with Crippen LogP contribution in [-0.4, -0.2) is 61.9 Å². The van der Waals surface area contributed by atoms with Crippen LogP contribution in [0.2, 0.25) is 0 Å². The molecule has 0 amide bonds. The summed E-state index contributed by atoms with van der Waals surface area (Å²) in [5.74, 6) is 0.646. The van der Waals surface area contributed by atoms with Crippen molar-refractivity contribution in [3.05, 3.63) is 12.7 Å². The summed E-state index contributed by atoms with van der Waals surface area (Å²) in [7, 11) is -2.30. The number of likely N-dealkylation sites (N-methyl/N-ethyl adjacent to an activating group) is 1. The third kappa shape index (κ3) is 5.22. The van der Waals surface area contributed by atoms with Crippen molar-refractivity contribution in [2.24, 2.45) is 0 Å². The highest BCUT2D eigenvalue weighted by Crippen LogP contribution is 2.34. The second kappa shape index (κ2) is 7.80. The van der Waals surface area contributed by atoms with E-state index in [0.717, 1.165) is 6.54 Å². The summed E-state index contributed by atoms with van der Waals surface area (Å²) in [6, 6.07) is 0. The van der Waals surface area contributed by atoms with E-state index < -0.39 is 20.0 Å². The van der Waals surface area contributed by atoms with E-state index in [4.69, 9.17) is 14.5 Å². The van der Waals surface area contributed by atoms with Crippen LogP contribution in [-0.2, 0) is 15.8 Å². The molecule has 10 nitrogen and oxygen atoms in total. The first-order chi connectivity index (χ1) is 10.9. The molecule has 0 fully saturated rings. The number of nitrogens with one attached hydrogen (secondary N) is 2. The molecular formula is C12H21N6O4P. The van der Waals surface area contributed by atoms with E-state index in [-0.39, 0.29) is 0 Å². The van der Waals surface area contributed by atoms with Gasteiger partial charge < -0.3 is 29.7 Å². The highest BCUT2D eigenvalue weighted by atomic mass is 31.2. The monoisotopic (exact) mass is 344 g/mol. The van der Waals surface area contributed by atoms with Crippen molar-refractivity contribution in [3.63, 3.8) is 0 Å². The lowest BCUT2D eigenvalue weighted by atomic mass is 10.4. The third-order valence-corrected chi connectivity index (χ3v) is 3.54. The molecule has 0 saturated carbocycles. The largest absolute Gasteiger partial charge is 0.367 e. The zero-order valence-corrected chi connectivity index (χ0v) is 13.9. The van der Waals surface area contributed by atoms with Gasteiger partial charge in [0.2, 0.25) is 0 Å². The Morgan fingerprint density at radius 1 is 1.35 bits per heavy atom. The Balaban J connectivity index is 2.07. The van der Waals surface area contributed by atoms with Gasteiger partial charge >= 0.3 is 7.60 Å². The van der Waals surface area contributed by atoms with Crippen LogP contribution in [0.1, 0.15) is 6.92 Å². The van der Waals surface area contributed by atoms with Crippen molar-refractivity contribution in [3.8, 4) is 0 Å². The van der Waals surface area contributed by atoms with Gasteiger partial charge in [0.25, 0.3) is 0 Å². The summed E-state index contributed by atoms with van der Waals surface area (Å²) >= 11 is 0. The quantitative estimate of drug-likeness (QED) is 0.366. The molecule has 2 heterocycles. The van der Waals surface area contributed by atoms with Gasteiger partial charge in [-0.15, -0.1) is 0 Å². The Morgan fingerprint density at radius 2 is 2.13 bits per heavy atom. The molecule has 1 atom stereocenters.